The van der Waals surface area contributed by atoms with Gasteiger partial charge in [0.25, 0.3) is 0 Å². The molecule has 0 atom stereocenters. The first-order valence-electron chi connectivity index (χ1n) is 4.79. The number of fused-ring (bicyclic) bond motifs is 1. The van der Waals surface area contributed by atoms with Gasteiger partial charge in [0, 0.05) is 25.5 Å². The second kappa shape index (κ2) is 5.29. The van der Waals surface area contributed by atoms with E-state index in [0.717, 1.165) is 20.1 Å². The molecule has 0 radical (unpaired) electrons. The Morgan fingerprint density at radius 2 is 2.12 bits per heavy atom. The zero-order valence-corrected chi connectivity index (χ0v) is 11.7. The Hall–Kier alpha value is -0.710. The van der Waals surface area contributed by atoms with Crippen molar-refractivity contribution in [2.75, 3.05) is 5.75 Å². The maximum atomic E-state index is 10.5. The van der Waals surface area contributed by atoms with Gasteiger partial charge in [-0.1, -0.05) is 39.7 Å². The minimum Gasteiger partial charge on any atom is -0.549 e. The number of carbonyl (C=O) groups is 1. The summed E-state index contributed by atoms with van der Waals surface area (Å²) in [6.07, 6.45) is 0. The van der Waals surface area contributed by atoms with E-state index < -0.39 is 5.97 Å². The highest BCUT2D eigenvalue weighted by molar-refractivity contribution is 9.10. The molecule has 2 aromatic carbocycles. The van der Waals surface area contributed by atoms with Crippen LogP contribution in [0.15, 0.2) is 39.7 Å². The first kappa shape index (κ1) is 12.7. The van der Waals surface area contributed by atoms with Gasteiger partial charge in [0.15, 0.2) is 0 Å². The number of carboxylic acids is 1. The number of rotatable bonds is 3. The Morgan fingerprint density at radius 3 is 2.82 bits per heavy atom. The molecular formula is C12H7BrClO2S-. The second-order valence-corrected chi connectivity index (χ2v) is 5.65. The monoisotopic (exact) mass is 329 g/mol. The van der Waals surface area contributed by atoms with Crippen molar-refractivity contribution >= 4 is 56.0 Å². The van der Waals surface area contributed by atoms with Gasteiger partial charge in [-0.25, -0.2) is 0 Å². The summed E-state index contributed by atoms with van der Waals surface area (Å²) in [6.45, 7) is 0. The molecule has 0 aliphatic heterocycles. The number of aliphatic carboxylic acids is 1. The molecule has 0 unspecified atom stereocenters. The highest BCUT2D eigenvalue weighted by atomic mass is 79.9. The molecule has 5 heteroatoms. The Kier molecular flexibility index (Phi) is 3.97. The third kappa shape index (κ3) is 2.76. The molecule has 0 aliphatic rings. The smallest absolute Gasteiger partial charge is 0.0517 e. The molecule has 0 aliphatic carbocycles. The van der Waals surface area contributed by atoms with Crippen LogP contribution in [0, 0.1) is 0 Å². The van der Waals surface area contributed by atoms with Crippen LogP contribution in [0.2, 0.25) is 5.02 Å². The predicted octanol–water partition coefficient (Wildman–Crippen LogP) is 3.10. The summed E-state index contributed by atoms with van der Waals surface area (Å²) < 4.78 is 0.938. The summed E-state index contributed by atoms with van der Waals surface area (Å²) in [4.78, 5) is 11.3. The number of halogens is 2. The fraction of sp³-hybridized carbons (Fsp3) is 0.0833. The van der Waals surface area contributed by atoms with E-state index in [2.05, 4.69) is 15.9 Å². The average Bonchev–Trinajstić information content (AvgIpc) is 2.29. The van der Waals surface area contributed by atoms with Crippen LogP contribution >= 0.6 is 39.3 Å². The van der Waals surface area contributed by atoms with E-state index in [-0.39, 0.29) is 5.75 Å². The average molecular weight is 331 g/mol. The highest BCUT2D eigenvalue weighted by Gasteiger charge is 2.08. The topological polar surface area (TPSA) is 40.1 Å². The molecule has 0 saturated heterocycles. The molecule has 0 fully saturated rings. The van der Waals surface area contributed by atoms with E-state index in [1.165, 1.54) is 11.8 Å². The Labute approximate surface area is 116 Å². The van der Waals surface area contributed by atoms with Gasteiger partial charge in [0.1, 0.15) is 0 Å². The van der Waals surface area contributed by atoms with Crippen LogP contribution < -0.4 is 5.11 Å². The van der Waals surface area contributed by atoms with Crippen LogP contribution in [-0.4, -0.2) is 11.7 Å². The van der Waals surface area contributed by atoms with E-state index in [0.29, 0.717) is 5.02 Å². The molecule has 2 aromatic rings. The molecule has 2 rings (SSSR count). The maximum Gasteiger partial charge on any atom is 0.0517 e. The van der Waals surface area contributed by atoms with Crippen molar-refractivity contribution in [3.63, 3.8) is 0 Å². The molecule has 0 amide bonds. The van der Waals surface area contributed by atoms with Crippen molar-refractivity contribution in [2.45, 2.75) is 4.90 Å². The zero-order valence-electron chi connectivity index (χ0n) is 8.57. The number of hydrogen-bond donors (Lipinski definition) is 0. The number of thioether (sulfide) groups is 1. The van der Waals surface area contributed by atoms with Crippen molar-refractivity contribution in [3.8, 4) is 0 Å². The lowest BCUT2D eigenvalue weighted by atomic mass is 10.1. The van der Waals surface area contributed by atoms with Crippen LogP contribution in [0.5, 0.6) is 0 Å². The van der Waals surface area contributed by atoms with Gasteiger partial charge in [0.05, 0.1) is 5.97 Å². The first-order valence-corrected chi connectivity index (χ1v) is 6.94. The van der Waals surface area contributed by atoms with Gasteiger partial charge in [-0.3, -0.25) is 0 Å². The fourth-order valence-corrected chi connectivity index (χ4v) is 3.15. The summed E-state index contributed by atoms with van der Waals surface area (Å²) in [5.41, 5.74) is 0. The van der Waals surface area contributed by atoms with Crippen molar-refractivity contribution in [3.05, 3.63) is 39.8 Å². The summed E-state index contributed by atoms with van der Waals surface area (Å²) >= 11 is 10.8. The molecule has 0 N–H and O–H groups in total. The van der Waals surface area contributed by atoms with Gasteiger partial charge >= 0.3 is 0 Å². The lowest BCUT2D eigenvalue weighted by Crippen LogP contribution is -2.24. The van der Waals surface area contributed by atoms with Crippen LogP contribution in [0.4, 0.5) is 0 Å². The van der Waals surface area contributed by atoms with Crippen LogP contribution in [0.25, 0.3) is 10.8 Å². The predicted molar refractivity (Wildman–Crippen MR) is 72.4 cm³/mol. The van der Waals surface area contributed by atoms with Crippen LogP contribution in [0.3, 0.4) is 0 Å². The minimum atomic E-state index is -1.09. The van der Waals surface area contributed by atoms with Gasteiger partial charge < -0.3 is 9.90 Å². The standard InChI is InChI=1S/C12H8BrClO2S/c13-8-4-5-10(17-6-11(15)16)12-7(8)2-1-3-9(12)14/h1-5H,6H2,(H,15,16)/p-1. The SMILES string of the molecule is O=C([O-])CSc1ccc(Br)c2cccc(Cl)c12. The summed E-state index contributed by atoms with van der Waals surface area (Å²) in [7, 11) is 0. The van der Waals surface area contributed by atoms with E-state index in [1.54, 1.807) is 6.07 Å². The Morgan fingerprint density at radius 1 is 1.35 bits per heavy atom. The lowest BCUT2D eigenvalue weighted by Gasteiger charge is -2.09. The van der Waals surface area contributed by atoms with Crippen LogP contribution in [-0.2, 0) is 4.79 Å². The summed E-state index contributed by atoms with van der Waals surface area (Å²) in [5.74, 6) is -1.17. The quantitative estimate of drug-likeness (QED) is 0.812. The Bertz CT molecular complexity index is 586. The molecule has 0 saturated carbocycles. The molecule has 2 nitrogen and oxygen atoms in total. The summed E-state index contributed by atoms with van der Waals surface area (Å²) in [5, 5.41) is 12.9. The van der Waals surface area contributed by atoms with Crippen LogP contribution in [0.1, 0.15) is 0 Å². The van der Waals surface area contributed by atoms with Crippen molar-refractivity contribution in [2.24, 2.45) is 0 Å². The van der Waals surface area contributed by atoms with Gasteiger partial charge in [-0.15, -0.1) is 11.8 Å². The van der Waals surface area contributed by atoms with Crippen molar-refractivity contribution < 1.29 is 9.90 Å². The normalized spacial score (nSPS) is 10.7. The number of hydrogen-bond acceptors (Lipinski definition) is 3. The van der Waals surface area contributed by atoms with Crippen molar-refractivity contribution in [1.29, 1.82) is 0 Å². The molecule has 0 aromatic heterocycles. The van der Waals surface area contributed by atoms with Crippen molar-refractivity contribution in [1.82, 2.24) is 0 Å². The number of carboxylic acid groups (broad SMARTS) is 1. The first-order chi connectivity index (χ1) is 8.09. The molecule has 0 spiro atoms. The van der Waals surface area contributed by atoms with Gasteiger partial charge in [-0.2, -0.15) is 0 Å². The highest BCUT2D eigenvalue weighted by Crippen LogP contribution is 2.36. The number of carbonyl (C=O) groups excluding carboxylic acids is 1. The van der Waals surface area contributed by atoms with Gasteiger partial charge in [-0.05, 0) is 23.6 Å². The molecule has 88 valence electrons. The number of benzene rings is 2. The van der Waals surface area contributed by atoms with E-state index in [9.17, 15) is 9.90 Å². The lowest BCUT2D eigenvalue weighted by molar-refractivity contribution is -0.301. The second-order valence-electron chi connectivity index (χ2n) is 3.37. The minimum absolute atomic E-state index is 0.0814. The molecular weight excluding hydrogens is 324 g/mol. The molecule has 0 bridgehead atoms. The summed E-state index contributed by atoms with van der Waals surface area (Å²) in [6, 6.07) is 9.33. The maximum absolute atomic E-state index is 10.5. The third-order valence-corrected chi connectivity index (χ3v) is 4.28. The zero-order chi connectivity index (χ0) is 12.4. The largest absolute Gasteiger partial charge is 0.549 e. The molecule has 0 heterocycles. The Balaban J connectivity index is 2.56. The molecule has 17 heavy (non-hydrogen) atoms. The van der Waals surface area contributed by atoms with E-state index in [4.69, 9.17) is 11.6 Å². The van der Waals surface area contributed by atoms with Gasteiger partial charge in [0.2, 0.25) is 0 Å². The third-order valence-electron chi connectivity index (χ3n) is 2.24. The van der Waals surface area contributed by atoms with E-state index >= 15 is 0 Å². The fourth-order valence-electron chi connectivity index (χ4n) is 1.55. The van der Waals surface area contributed by atoms with E-state index in [1.807, 2.05) is 24.3 Å².